The van der Waals surface area contributed by atoms with E-state index in [0.29, 0.717) is 21.8 Å². The molecule has 1 heterocycles. The van der Waals surface area contributed by atoms with Gasteiger partial charge in [0.25, 0.3) is 5.91 Å². The van der Waals surface area contributed by atoms with E-state index < -0.39 is 23.6 Å². The molecule has 0 saturated carbocycles. The van der Waals surface area contributed by atoms with Crippen molar-refractivity contribution in [2.75, 3.05) is 19.0 Å². The van der Waals surface area contributed by atoms with Crippen LogP contribution in [0.4, 0.5) is 18.3 Å². The van der Waals surface area contributed by atoms with Gasteiger partial charge in [-0.3, -0.25) is 9.59 Å². The normalized spacial score (nSPS) is 11.2. The molecule has 32 heavy (non-hydrogen) atoms. The number of anilines is 1. The highest BCUT2D eigenvalue weighted by atomic mass is 35.5. The molecule has 3 rings (SSSR count). The van der Waals surface area contributed by atoms with Crippen LogP contribution < -0.4 is 15.4 Å². The van der Waals surface area contributed by atoms with Crippen LogP contribution in [0, 0.1) is 0 Å². The van der Waals surface area contributed by atoms with E-state index in [1.165, 1.54) is 19.4 Å². The highest BCUT2D eigenvalue weighted by molar-refractivity contribution is 7.15. The van der Waals surface area contributed by atoms with E-state index in [2.05, 4.69) is 15.6 Å². The zero-order chi connectivity index (χ0) is 23.3. The summed E-state index contributed by atoms with van der Waals surface area (Å²) in [6.07, 6.45) is -2.89. The lowest BCUT2D eigenvalue weighted by atomic mass is 10.1. The monoisotopic (exact) mass is 483 g/mol. The van der Waals surface area contributed by atoms with Crippen LogP contribution in [0.15, 0.2) is 48.7 Å². The Hall–Kier alpha value is -3.11. The van der Waals surface area contributed by atoms with Gasteiger partial charge >= 0.3 is 6.18 Å². The number of rotatable bonds is 7. The van der Waals surface area contributed by atoms with E-state index >= 15 is 0 Å². The predicted octanol–water partition coefficient (Wildman–Crippen LogP) is 4.78. The van der Waals surface area contributed by atoms with Gasteiger partial charge in [0.1, 0.15) is 5.75 Å². The van der Waals surface area contributed by atoms with Gasteiger partial charge in [-0.05, 0) is 48.0 Å². The fraction of sp³-hybridized carbons (Fsp3) is 0.190. The first-order valence-electron chi connectivity index (χ1n) is 9.18. The van der Waals surface area contributed by atoms with Gasteiger partial charge in [-0.25, -0.2) is 4.98 Å². The molecule has 3 aromatic rings. The Labute approximate surface area is 190 Å². The van der Waals surface area contributed by atoms with E-state index in [1.807, 2.05) is 0 Å². The highest BCUT2D eigenvalue weighted by Gasteiger charge is 2.31. The molecule has 0 aliphatic heterocycles. The van der Waals surface area contributed by atoms with Gasteiger partial charge in [-0.15, -0.1) is 11.3 Å². The van der Waals surface area contributed by atoms with Gasteiger partial charge in [-0.2, -0.15) is 13.2 Å². The second kappa shape index (κ2) is 10.0. The molecule has 168 valence electrons. The third-order valence-corrected chi connectivity index (χ3v) is 5.58. The Balaban J connectivity index is 1.55. The number of carbonyl (C=O) groups excluding carboxylic acids is 2. The minimum Gasteiger partial charge on any atom is -0.497 e. The largest absolute Gasteiger partial charge is 0.497 e. The number of amides is 2. The summed E-state index contributed by atoms with van der Waals surface area (Å²) < 4.78 is 43.8. The minimum absolute atomic E-state index is 0.129. The molecule has 0 aliphatic carbocycles. The van der Waals surface area contributed by atoms with E-state index in [1.54, 1.807) is 24.3 Å². The number of nitrogens with zero attached hydrogens (tertiary/aromatic N) is 1. The summed E-state index contributed by atoms with van der Waals surface area (Å²) in [4.78, 5) is 28.9. The fourth-order valence-corrected chi connectivity index (χ4v) is 3.73. The molecule has 2 amide bonds. The fourth-order valence-electron chi connectivity index (χ4n) is 2.69. The SMILES string of the molecule is COc1ccc(C(=O)NCC(=O)Nc2ncc(Cc3cc(C(F)(F)F)ccc3Cl)s2)cc1. The number of halogens is 4. The van der Waals surface area contributed by atoms with Gasteiger partial charge in [0, 0.05) is 28.1 Å². The number of nitrogens with one attached hydrogen (secondary N) is 2. The van der Waals surface area contributed by atoms with Crippen LogP contribution in [0.3, 0.4) is 0 Å². The van der Waals surface area contributed by atoms with Gasteiger partial charge < -0.3 is 15.4 Å². The molecular weight excluding hydrogens is 467 g/mol. The van der Waals surface area contributed by atoms with Crippen LogP contribution in [0.1, 0.15) is 26.4 Å². The smallest absolute Gasteiger partial charge is 0.416 e. The maximum atomic E-state index is 12.9. The van der Waals surface area contributed by atoms with Crippen LogP contribution in [0.25, 0.3) is 0 Å². The number of methoxy groups -OCH3 is 1. The van der Waals surface area contributed by atoms with Crippen molar-refractivity contribution < 1.29 is 27.5 Å². The molecule has 1 aromatic heterocycles. The zero-order valence-electron chi connectivity index (χ0n) is 16.6. The number of ether oxygens (including phenoxy) is 1. The van der Waals surface area contributed by atoms with Crippen LogP contribution in [0.5, 0.6) is 5.75 Å². The van der Waals surface area contributed by atoms with E-state index in [-0.39, 0.29) is 23.1 Å². The van der Waals surface area contributed by atoms with Crippen molar-refractivity contribution >= 4 is 39.9 Å². The Kier molecular flexibility index (Phi) is 7.37. The van der Waals surface area contributed by atoms with Crippen molar-refractivity contribution in [1.82, 2.24) is 10.3 Å². The van der Waals surface area contributed by atoms with Gasteiger partial charge in [0.05, 0.1) is 19.2 Å². The predicted molar refractivity (Wildman–Crippen MR) is 115 cm³/mol. The summed E-state index contributed by atoms with van der Waals surface area (Å²) in [5, 5.41) is 5.50. The third-order valence-electron chi connectivity index (χ3n) is 4.30. The first kappa shape index (κ1) is 23.6. The number of hydrogen-bond donors (Lipinski definition) is 2. The molecule has 0 unspecified atom stereocenters. The van der Waals surface area contributed by atoms with Gasteiger partial charge in [0.15, 0.2) is 5.13 Å². The molecule has 0 saturated heterocycles. The van der Waals surface area contributed by atoms with Gasteiger partial charge in [-0.1, -0.05) is 11.6 Å². The molecule has 0 aliphatic rings. The Morgan fingerprint density at radius 3 is 2.53 bits per heavy atom. The first-order chi connectivity index (χ1) is 15.2. The second-order valence-electron chi connectivity index (χ2n) is 6.57. The molecule has 0 radical (unpaired) electrons. The molecule has 6 nitrogen and oxygen atoms in total. The van der Waals surface area contributed by atoms with Crippen molar-refractivity contribution in [1.29, 1.82) is 0 Å². The molecular formula is C21H17ClF3N3O3S. The molecule has 0 fully saturated rings. The summed E-state index contributed by atoms with van der Waals surface area (Å²) in [7, 11) is 1.51. The molecule has 0 atom stereocenters. The van der Waals surface area contributed by atoms with Gasteiger partial charge in [0.2, 0.25) is 5.91 Å². The Morgan fingerprint density at radius 1 is 1.16 bits per heavy atom. The molecule has 2 N–H and O–H groups in total. The number of hydrogen-bond acceptors (Lipinski definition) is 5. The summed E-state index contributed by atoms with van der Waals surface area (Å²) in [6, 6.07) is 9.51. The zero-order valence-corrected chi connectivity index (χ0v) is 18.2. The lowest BCUT2D eigenvalue weighted by molar-refractivity contribution is -0.137. The third kappa shape index (κ3) is 6.21. The summed E-state index contributed by atoms with van der Waals surface area (Å²) >= 11 is 7.13. The Morgan fingerprint density at radius 2 is 1.88 bits per heavy atom. The molecule has 0 spiro atoms. The van der Waals surface area contributed by atoms with E-state index in [9.17, 15) is 22.8 Å². The van der Waals surface area contributed by atoms with Crippen LogP contribution in [-0.4, -0.2) is 30.5 Å². The van der Waals surface area contributed by atoms with Crippen molar-refractivity contribution in [3.63, 3.8) is 0 Å². The van der Waals surface area contributed by atoms with Crippen LogP contribution in [0.2, 0.25) is 5.02 Å². The van der Waals surface area contributed by atoms with Crippen molar-refractivity contribution in [2.45, 2.75) is 12.6 Å². The van der Waals surface area contributed by atoms with Crippen molar-refractivity contribution in [2.24, 2.45) is 0 Å². The number of alkyl halides is 3. The molecule has 2 aromatic carbocycles. The summed E-state index contributed by atoms with van der Waals surface area (Å²) in [5.41, 5.74) is -0.120. The molecule has 11 heteroatoms. The maximum Gasteiger partial charge on any atom is 0.416 e. The lowest BCUT2D eigenvalue weighted by Gasteiger charge is -2.09. The van der Waals surface area contributed by atoms with Crippen LogP contribution in [-0.2, 0) is 17.4 Å². The average molecular weight is 484 g/mol. The quantitative estimate of drug-likeness (QED) is 0.506. The topological polar surface area (TPSA) is 80.3 Å². The average Bonchev–Trinajstić information content (AvgIpc) is 3.19. The molecule has 0 bridgehead atoms. The summed E-state index contributed by atoms with van der Waals surface area (Å²) in [5.74, 6) is -0.322. The van der Waals surface area contributed by atoms with Crippen molar-refractivity contribution in [3.8, 4) is 5.75 Å². The maximum absolute atomic E-state index is 12.9. The van der Waals surface area contributed by atoms with E-state index in [4.69, 9.17) is 16.3 Å². The summed E-state index contributed by atoms with van der Waals surface area (Å²) in [6.45, 7) is -0.279. The van der Waals surface area contributed by atoms with E-state index in [0.717, 1.165) is 23.5 Å². The van der Waals surface area contributed by atoms with Crippen LogP contribution >= 0.6 is 22.9 Å². The number of aromatic nitrogens is 1. The number of carbonyl (C=O) groups is 2. The number of thiazole rings is 1. The van der Waals surface area contributed by atoms with Crippen molar-refractivity contribution in [3.05, 3.63) is 75.3 Å². The number of benzene rings is 2. The highest BCUT2D eigenvalue weighted by Crippen LogP contribution is 2.33. The second-order valence-corrected chi connectivity index (χ2v) is 8.09. The Bertz CT molecular complexity index is 1120. The minimum atomic E-state index is -4.47. The first-order valence-corrected chi connectivity index (χ1v) is 10.4. The standard InChI is InChI=1S/C21H17ClF3N3O3S/c1-31-15-5-2-12(3-6-15)19(30)26-11-18(29)28-20-27-10-16(32-20)9-13-8-14(21(23,24)25)4-7-17(13)22/h2-8,10H,9,11H2,1H3,(H,26,30)(H,27,28,29). The lowest BCUT2D eigenvalue weighted by Crippen LogP contribution is -2.32.